The number of benzene rings is 3. The van der Waals surface area contributed by atoms with Crippen molar-refractivity contribution in [1.29, 1.82) is 0 Å². The number of carboxylic acid groups (broad SMARTS) is 1. The van der Waals surface area contributed by atoms with E-state index in [9.17, 15) is 17.6 Å². The van der Waals surface area contributed by atoms with Gasteiger partial charge in [0.25, 0.3) is 0 Å². The summed E-state index contributed by atoms with van der Waals surface area (Å²) < 4.78 is 50.2. The van der Waals surface area contributed by atoms with E-state index in [1.54, 1.807) is 13.0 Å². The fraction of sp³-hybridized carbons (Fsp3) is 0.406. The molecule has 0 amide bonds. The Morgan fingerprint density at radius 2 is 1.85 bits per heavy atom. The van der Waals surface area contributed by atoms with Gasteiger partial charge in [-0.05, 0) is 96.3 Å². The molecule has 212 valence electrons. The van der Waals surface area contributed by atoms with Gasteiger partial charge in [0.2, 0.25) is 0 Å². The SMILES string of the molecule is CCS(=O)(=O)CCCOc1cc(C)c2c(c1)CCOc1ccc(CCc3ccc([C@H]4C[C@@H]4C(=O)O)c(F)c3)cc1-2. The molecular formula is C32H35FO6S. The fourth-order valence-corrected chi connectivity index (χ4v) is 6.40. The van der Waals surface area contributed by atoms with Gasteiger partial charge in [0.05, 0.1) is 24.9 Å². The van der Waals surface area contributed by atoms with E-state index in [4.69, 9.17) is 14.6 Å². The average Bonchev–Trinajstić information content (AvgIpc) is 3.73. The Bertz CT molecular complexity index is 1530. The number of sulfone groups is 1. The summed E-state index contributed by atoms with van der Waals surface area (Å²) in [4.78, 5) is 11.2. The quantitative estimate of drug-likeness (QED) is 0.290. The lowest BCUT2D eigenvalue weighted by Gasteiger charge is -2.16. The van der Waals surface area contributed by atoms with Crippen molar-refractivity contribution in [2.45, 2.75) is 51.9 Å². The summed E-state index contributed by atoms with van der Waals surface area (Å²) in [5.74, 6) is -0.0428. The molecule has 1 heterocycles. The molecule has 0 radical (unpaired) electrons. The lowest BCUT2D eigenvalue weighted by molar-refractivity contribution is -0.138. The highest BCUT2D eigenvalue weighted by Gasteiger charge is 2.45. The zero-order valence-corrected chi connectivity index (χ0v) is 23.7. The molecule has 5 rings (SSSR count). The predicted octanol–water partition coefficient (Wildman–Crippen LogP) is 5.91. The summed E-state index contributed by atoms with van der Waals surface area (Å²) in [6.45, 7) is 4.60. The fourth-order valence-electron chi connectivity index (χ4n) is 5.56. The van der Waals surface area contributed by atoms with Gasteiger partial charge < -0.3 is 14.6 Å². The third-order valence-electron chi connectivity index (χ3n) is 7.92. The number of carbonyl (C=O) groups is 1. The summed E-state index contributed by atoms with van der Waals surface area (Å²) in [6.07, 6.45) is 3.08. The minimum absolute atomic E-state index is 0.125. The first kappa shape index (κ1) is 28.1. The Morgan fingerprint density at radius 1 is 1.10 bits per heavy atom. The maximum atomic E-state index is 14.7. The van der Waals surface area contributed by atoms with Crippen LogP contribution in [0.25, 0.3) is 11.1 Å². The molecule has 1 aliphatic carbocycles. The summed E-state index contributed by atoms with van der Waals surface area (Å²) in [5.41, 5.74) is 6.84. The van der Waals surface area contributed by atoms with Gasteiger partial charge in [-0.3, -0.25) is 4.79 Å². The molecule has 0 spiro atoms. The lowest BCUT2D eigenvalue weighted by Crippen LogP contribution is -2.12. The smallest absolute Gasteiger partial charge is 0.307 e. The van der Waals surface area contributed by atoms with E-state index in [-0.39, 0.29) is 23.2 Å². The van der Waals surface area contributed by atoms with Gasteiger partial charge in [0.1, 0.15) is 27.2 Å². The zero-order chi connectivity index (χ0) is 28.4. The van der Waals surface area contributed by atoms with Crippen LogP contribution in [0, 0.1) is 18.7 Å². The van der Waals surface area contributed by atoms with Crippen molar-refractivity contribution in [2.75, 3.05) is 24.7 Å². The van der Waals surface area contributed by atoms with Gasteiger partial charge in [-0.1, -0.05) is 25.1 Å². The first-order valence-electron chi connectivity index (χ1n) is 13.9. The normalized spacial score (nSPS) is 17.8. The maximum absolute atomic E-state index is 14.7. The number of ether oxygens (including phenoxy) is 2. The van der Waals surface area contributed by atoms with Gasteiger partial charge >= 0.3 is 5.97 Å². The van der Waals surface area contributed by atoms with Crippen molar-refractivity contribution in [3.8, 4) is 22.6 Å². The Morgan fingerprint density at radius 3 is 2.55 bits per heavy atom. The average molecular weight is 567 g/mol. The van der Waals surface area contributed by atoms with Crippen LogP contribution >= 0.6 is 0 Å². The summed E-state index contributed by atoms with van der Waals surface area (Å²) in [5, 5.41) is 9.15. The maximum Gasteiger partial charge on any atom is 0.307 e. The third kappa shape index (κ3) is 6.33. The van der Waals surface area contributed by atoms with Crippen LogP contribution in [-0.2, 0) is 33.9 Å². The number of carboxylic acids is 1. The second kappa shape index (κ2) is 11.6. The van der Waals surface area contributed by atoms with Gasteiger partial charge in [0, 0.05) is 23.7 Å². The minimum atomic E-state index is -3.01. The molecule has 0 bridgehead atoms. The molecule has 8 heteroatoms. The predicted molar refractivity (Wildman–Crippen MR) is 153 cm³/mol. The van der Waals surface area contributed by atoms with Crippen LogP contribution in [0.3, 0.4) is 0 Å². The number of fused-ring (bicyclic) bond motifs is 3. The molecule has 0 aromatic heterocycles. The molecule has 40 heavy (non-hydrogen) atoms. The molecule has 6 nitrogen and oxygen atoms in total. The van der Waals surface area contributed by atoms with Crippen molar-refractivity contribution in [2.24, 2.45) is 5.92 Å². The Balaban J connectivity index is 1.29. The van der Waals surface area contributed by atoms with E-state index < -0.39 is 21.7 Å². The van der Waals surface area contributed by atoms with Crippen molar-refractivity contribution in [1.82, 2.24) is 0 Å². The first-order valence-corrected chi connectivity index (χ1v) is 15.7. The van der Waals surface area contributed by atoms with Crippen LogP contribution in [0.2, 0.25) is 0 Å². The molecule has 3 aromatic carbocycles. The van der Waals surface area contributed by atoms with E-state index in [1.165, 1.54) is 6.07 Å². The Hall–Kier alpha value is -3.39. The number of aryl methyl sites for hydroxylation is 3. The number of hydrogen-bond acceptors (Lipinski definition) is 5. The molecule has 1 aliphatic heterocycles. The highest BCUT2D eigenvalue weighted by Crippen LogP contribution is 2.48. The van der Waals surface area contributed by atoms with Crippen LogP contribution < -0.4 is 9.47 Å². The topological polar surface area (TPSA) is 89.9 Å². The minimum Gasteiger partial charge on any atom is -0.494 e. The van der Waals surface area contributed by atoms with E-state index in [2.05, 4.69) is 6.07 Å². The van der Waals surface area contributed by atoms with Crippen LogP contribution in [-0.4, -0.2) is 44.2 Å². The second-order valence-electron chi connectivity index (χ2n) is 10.8. The van der Waals surface area contributed by atoms with Crippen molar-refractivity contribution in [3.05, 3.63) is 82.2 Å². The van der Waals surface area contributed by atoms with Gasteiger partial charge in [-0.2, -0.15) is 0 Å². The number of halogens is 1. The van der Waals surface area contributed by atoms with Gasteiger partial charge in [-0.15, -0.1) is 0 Å². The van der Waals surface area contributed by atoms with Gasteiger partial charge in [-0.25, -0.2) is 12.8 Å². The number of aliphatic carboxylic acids is 1. The summed E-state index contributed by atoms with van der Waals surface area (Å²) in [7, 11) is -3.01. The molecule has 2 atom stereocenters. The van der Waals surface area contributed by atoms with Crippen molar-refractivity contribution in [3.63, 3.8) is 0 Å². The van der Waals surface area contributed by atoms with Crippen LogP contribution in [0.5, 0.6) is 11.5 Å². The highest BCUT2D eigenvalue weighted by molar-refractivity contribution is 7.91. The monoisotopic (exact) mass is 566 g/mol. The standard InChI is InChI=1S/C32H35FO6S/c1-3-40(36,37)14-4-12-38-24-15-20(2)31-23(18-24)11-13-39-30-10-8-21(16-28(30)31)5-6-22-7-9-25(29(33)17-22)26-19-27(26)32(34)35/h7-10,15-18,26-27H,3-6,11-14,19H2,1-2H3,(H,34,35)/t26-,27+/m1/s1. The van der Waals surface area contributed by atoms with E-state index >= 15 is 0 Å². The Kier molecular flexibility index (Phi) is 8.17. The number of rotatable bonds is 11. The molecule has 1 fully saturated rings. The van der Waals surface area contributed by atoms with E-state index in [0.717, 1.165) is 57.7 Å². The van der Waals surface area contributed by atoms with Crippen molar-refractivity contribution < 1.29 is 32.2 Å². The summed E-state index contributed by atoms with van der Waals surface area (Å²) in [6, 6.07) is 15.4. The van der Waals surface area contributed by atoms with E-state index in [0.29, 0.717) is 38.0 Å². The molecule has 3 aromatic rings. The molecule has 1 saturated carbocycles. The van der Waals surface area contributed by atoms with Crippen LogP contribution in [0.4, 0.5) is 4.39 Å². The molecule has 2 aliphatic rings. The largest absolute Gasteiger partial charge is 0.494 e. The number of hydrogen-bond donors (Lipinski definition) is 1. The third-order valence-corrected chi connectivity index (χ3v) is 9.71. The zero-order valence-electron chi connectivity index (χ0n) is 22.9. The highest BCUT2D eigenvalue weighted by atomic mass is 32.2. The molecule has 0 saturated heterocycles. The van der Waals surface area contributed by atoms with Crippen LogP contribution in [0.15, 0.2) is 48.5 Å². The molecule has 0 unspecified atom stereocenters. The molecular weight excluding hydrogens is 531 g/mol. The lowest BCUT2D eigenvalue weighted by atomic mass is 9.91. The van der Waals surface area contributed by atoms with Crippen molar-refractivity contribution >= 4 is 15.8 Å². The Labute approximate surface area is 235 Å². The van der Waals surface area contributed by atoms with Gasteiger partial charge in [0.15, 0.2) is 0 Å². The van der Waals surface area contributed by atoms with E-state index in [1.807, 2.05) is 37.3 Å². The molecule has 1 N–H and O–H groups in total. The van der Waals surface area contributed by atoms with Crippen LogP contribution in [0.1, 0.15) is 53.5 Å². The summed E-state index contributed by atoms with van der Waals surface area (Å²) >= 11 is 0. The second-order valence-corrected chi connectivity index (χ2v) is 13.3. The first-order chi connectivity index (χ1) is 19.1.